The van der Waals surface area contributed by atoms with Gasteiger partial charge in [-0.1, -0.05) is 63.4 Å². The maximum atomic E-state index is 14.3. The average molecular weight is 1010 g/mol. The van der Waals surface area contributed by atoms with Crippen molar-refractivity contribution in [1.82, 2.24) is 35.7 Å². The molecular formula is C48H79N8O13P. The number of aliphatic hydroxyl groups is 1. The number of ether oxygens (including phenoxy) is 2. The summed E-state index contributed by atoms with van der Waals surface area (Å²) in [7, 11) is -5.13. The molecule has 2 aromatic rings. The van der Waals surface area contributed by atoms with Gasteiger partial charge in [0, 0.05) is 31.4 Å². The first-order chi connectivity index (χ1) is 32.8. The van der Waals surface area contributed by atoms with Crippen LogP contribution in [-0.2, 0) is 66.7 Å². The fourth-order valence-corrected chi connectivity index (χ4v) is 8.47. The highest BCUT2D eigenvalue weighted by Crippen LogP contribution is 2.38. The van der Waals surface area contributed by atoms with Crippen LogP contribution in [0.5, 0.6) is 0 Å². The highest BCUT2D eigenvalue weighted by Gasteiger charge is 2.38. The molecule has 1 fully saturated rings. The molecule has 1 saturated heterocycles. The van der Waals surface area contributed by atoms with Gasteiger partial charge >= 0.3 is 7.82 Å². The molecule has 2 heterocycles. The number of carbonyl (C=O) groups excluding carboxylic acids is 6. The van der Waals surface area contributed by atoms with Crippen molar-refractivity contribution in [1.29, 1.82) is 0 Å². The second kappa shape index (κ2) is 28.3. The zero-order valence-electron chi connectivity index (χ0n) is 42.2. The van der Waals surface area contributed by atoms with Crippen LogP contribution < -0.4 is 27.0 Å². The number of benzene rings is 1. The third-order valence-electron chi connectivity index (χ3n) is 11.6. The molecule has 3 rings (SSSR count). The highest BCUT2D eigenvalue weighted by atomic mass is 31.2. The SMILES string of the molecule is CC(C)C[C@H](NC(=O)[C@@H]1CCCN1C(=O)CCOC(C)(C)COC(C)(C)C)C(=O)N[C@@H](Cc1cncn1CCCCCCCc1ccccc1)C(=O)N[C@@H](CO)C(=O)N[C@H](C(N)=O)[C@@H](C)OP(=O)(O)O. The number of imidazole rings is 1. The molecule has 70 heavy (non-hydrogen) atoms. The van der Waals surface area contributed by atoms with E-state index in [-0.39, 0.29) is 43.3 Å². The molecule has 394 valence electrons. The third kappa shape index (κ3) is 21.7. The number of nitrogens with one attached hydrogen (secondary N) is 4. The zero-order chi connectivity index (χ0) is 52.2. The number of unbranched alkanes of at least 4 members (excludes halogenated alkanes) is 4. The van der Waals surface area contributed by atoms with Gasteiger partial charge in [0.25, 0.3) is 0 Å². The average Bonchev–Trinajstić information content (AvgIpc) is 3.95. The summed E-state index contributed by atoms with van der Waals surface area (Å²) in [6, 6.07) is 3.32. The van der Waals surface area contributed by atoms with Crippen molar-refractivity contribution in [2.24, 2.45) is 11.7 Å². The minimum Gasteiger partial charge on any atom is -0.394 e. The third-order valence-corrected chi connectivity index (χ3v) is 12.2. The smallest absolute Gasteiger partial charge is 0.394 e. The summed E-state index contributed by atoms with van der Waals surface area (Å²) in [6.07, 6.45) is 8.38. The van der Waals surface area contributed by atoms with Crippen molar-refractivity contribution in [3.8, 4) is 0 Å². The normalized spacial score (nSPS) is 16.5. The van der Waals surface area contributed by atoms with E-state index in [2.05, 4.69) is 42.9 Å². The van der Waals surface area contributed by atoms with E-state index in [9.17, 15) is 48.2 Å². The number of aliphatic hydroxyl groups excluding tert-OH is 1. The number of phosphoric ester groups is 1. The molecule has 21 nitrogen and oxygen atoms in total. The maximum absolute atomic E-state index is 14.3. The number of nitrogens with zero attached hydrogens (tertiary/aromatic N) is 3. The summed E-state index contributed by atoms with van der Waals surface area (Å²) in [5, 5.41) is 20.4. The number of primary amides is 1. The van der Waals surface area contributed by atoms with Crippen LogP contribution in [0.4, 0.5) is 0 Å². The second-order valence-corrected chi connectivity index (χ2v) is 21.2. The fourth-order valence-electron chi connectivity index (χ4n) is 7.91. The van der Waals surface area contributed by atoms with Gasteiger partial charge < -0.3 is 60.8 Å². The second-order valence-electron chi connectivity index (χ2n) is 20.0. The Morgan fingerprint density at radius 3 is 2.11 bits per heavy atom. The van der Waals surface area contributed by atoms with E-state index in [4.69, 9.17) is 15.2 Å². The predicted octanol–water partition coefficient (Wildman–Crippen LogP) is 2.57. The summed E-state index contributed by atoms with van der Waals surface area (Å²) < 4.78 is 29.7. The topological polar surface area (TPSA) is 303 Å². The molecule has 6 amide bonds. The van der Waals surface area contributed by atoms with E-state index >= 15 is 0 Å². The molecule has 1 aliphatic heterocycles. The zero-order valence-corrected chi connectivity index (χ0v) is 43.1. The molecule has 1 aromatic carbocycles. The summed E-state index contributed by atoms with van der Waals surface area (Å²) in [5.74, 6) is -4.96. The Morgan fingerprint density at radius 2 is 1.49 bits per heavy atom. The summed E-state index contributed by atoms with van der Waals surface area (Å²) in [4.78, 5) is 106. The largest absolute Gasteiger partial charge is 0.469 e. The Balaban J connectivity index is 1.78. The van der Waals surface area contributed by atoms with E-state index in [1.807, 2.05) is 71.2 Å². The van der Waals surface area contributed by atoms with E-state index in [0.29, 0.717) is 38.2 Å². The van der Waals surface area contributed by atoms with Gasteiger partial charge in [0.2, 0.25) is 35.4 Å². The van der Waals surface area contributed by atoms with Crippen molar-refractivity contribution in [2.75, 3.05) is 26.4 Å². The van der Waals surface area contributed by atoms with Crippen molar-refractivity contribution in [3.05, 3.63) is 54.1 Å². The number of amides is 6. The Morgan fingerprint density at radius 1 is 0.857 bits per heavy atom. The predicted molar refractivity (Wildman–Crippen MR) is 260 cm³/mol. The van der Waals surface area contributed by atoms with E-state index < -0.39 is 85.9 Å². The molecule has 0 unspecified atom stereocenters. The Labute approximate surface area is 412 Å². The molecule has 0 radical (unpaired) electrons. The van der Waals surface area contributed by atoms with Crippen LogP contribution in [0.1, 0.15) is 124 Å². The van der Waals surface area contributed by atoms with Crippen molar-refractivity contribution in [3.63, 3.8) is 0 Å². The first kappa shape index (κ1) is 59.5. The molecule has 1 aromatic heterocycles. The van der Waals surface area contributed by atoms with Gasteiger partial charge in [-0.2, -0.15) is 0 Å². The monoisotopic (exact) mass is 1010 g/mol. The minimum absolute atomic E-state index is 0.0248. The van der Waals surface area contributed by atoms with Gasteiger partial charge in [0.05, 0.1) is 49.9 Å². The van der Waals surface area contributed by atoms with Crippen molar-refractivity contribution in [2.45, 2.75) is 180 Å². The Hall–Kier alpha value is -4.76. The fraction of sp³-hybridized carbons (Fsp3) is 0.688. The number of aryl methyl sites for hydroxylation is 2. The number of phosphoric acid groups is 1. The number of carbonyl (C=O) groups is 6. The molecule has 22 heteroatoms. The molecule has 1 aliphatic rings. The van der Waals surface area contributed by atoms with Gasteiger partial charge in [0.1, 0.15) is 30.2 Å². The quantitative estimate of drug-likeness (QED) is 0.0398. The number of hydrogen-bond donors (Lipinski definition) is 8. The summed E-state index contributed by atoms with van der Waals surface area (Å²) in [6.45, 7) is 14.7. The van der Waals surface area contributed by atoms with Crippen LogP contribution in [-0.4, -0.2) is 139 Å². The van der Waals surface area contributed by atoms with Crippen LogP contribution >= 0.6 is 7.82 Å². The lowest BCUT2D eigenvalue weighted by molar-refractivity contribution is -0.143. The number of rotatable bonds is 31. The van der Waals surface area contributed by atoms with Gasteiger partial charge in [-0.3, -0.25) is 33.3 Å². The lowest BCUT2D eigenvalue weighted by Gasteiger charge is -2.31. The van der Waals surface area contributed by atoms with Gasteiger partial charge in [-0.15, -0.1) is 0 Å². The molecule has 0 spiro atoms. The Bertz CT molecular complexity index is 2040. The molecule has 0 aliphatic carbocycles. The molecular weight excluding hydrogens is 928 g/mol. The van der Waals surface area contributed by atoms with Crippen molar-refractivity contribution < 1.29 is 62.2 Å². The van der Waals surface area contributed by atoms with E-state index in [0.717, 1.165) is 45.4 Å². The number of aromatic nitrogens is 2. The minimum atomic E-state index is -5.13. The summed E-state index contributed by atoms with van der Waals surface area (Å²) >= 11 is 0. The van der Waals surface area contributed by atoms with Crippen LogP contribution in [0.2, 0.25) is 0 Å². The first-order valence-corrected chi connectivity index (χ1v) is 25.8. The molecule has 9 N–H and O–H groups in total. The molecule has 0 saturated carbocycles. The highest BCUT2D eigenvalue weighted by molar-refractivity contribution is 7.46. The number of hydrogen-bond acceptors (Lipinski definition) is 12. The van der Waals surface area contributed by atoms with Gasteiger partial charge in [0.15, 0.2) is 0 Å². The summed E-state index contributed by atoms with van der Waals surface area (Å²) in [5.41, 5.74) is 6.22. The maximum Gasteiger partial charge on any atom is 0.469 e. The standard InChI is InChI=1S/C48H79N8O13P/c1-32(2)26-36(52-46(63)39-21-17-24-56(39)40(58)22-25-67-48(7,8)30-68-47(4,5)6)43(60)51-37(44(61)53-38(29-57)45(62)54-41(42(49)59)33(3)69-70(64,65)66)27-35-28-50-31-55(35)23-16-11-9-10-13-18-34-19-14-12-15-20-34/h12,14-15,19-20,28,31-33,36-39,41,57H,9-11,13,16-18,21-27,29-30H2,1-8H3,(H2,49,59)(H,51,60)(H,52,63)(H,53,61)(H,54,62)(H2,64,65,66)/t33-,36+,37+,38+,39+,41+/m1/s1. The Kier molecular flexibility index (Phi) is 24.1. The lowest BCUT2D eigenvalue weighted by Crippen LogP contribution is -2.61. The van der Waals surface area contributed by atoms with Crippen LogP contribution in [0.25, 0.3) is 0 Å². The molecule has 6 atom stereocenters. The van der Waals surface area contributed by atoms with E-state index in [1.165, 1.54) is 10.5 Å². The van der Waals surface area contributed by atoms with Crippen LogP contribution in [0.3, 0.4) is 0 Å². The van der Waals surface area contributed by atoms with Crippen LogP contribution in [0.15, 0.2) is 42.9 Å². The number of nitrogens with two attached hydrogens (primary N) is 1. The first-order valence-electron chi connectivity index (χ1n) is 24.2. The van der Waals surface area contributed by atoms with Crippen molar-refractivity contribution >= 4 is 43.3 Å². The van der Waals surface area contributed by atoms with E-state index in [1.54, 1.807) is 12.5 Å². The number of likely N-dealkylation sites (tertiary alicyclic amines) is 1. The lowest BCUT2D eigenvalue weighted by atomic mass is 10.0. The van der Waals surface area contributed by atoms with Crippen LogP contribution in [0, 0.1) is 5.92 Å². The molecule has 0 bridgehead atoms. The van der Waals surface area contributed by atoms with Gasteiger partial charge in [-0.05, 0) is 91.5 Å². The van der Waals surface area contributed by atoms with Gasteiger partial charge in [-0.25, -0.2) is 9.55 Å².